The lowest BCUT2D eigenvalue weighted by atomic mass is 9.90. The maximum absolute atomic E-state index is 12.6. The van der Waals surface area contributed by atoms with Crippen molar-refractivity contribution in [2.24, 2.45) is 0 Å². The van der Waals surface area contributed by atoms with Crippen molar-refractivity contribution >= 4 is 21.9 Å². The molecule has 1 saturated heterocycles. The van der Waals surface area contributed by atoms with Gasteiger partial charge < -0.3 is 14.0 Å². The van der Waals surface area contributed by atoms with Gasteiger partial charge in [0.15, 0.2) is 4.75 Å². The minimum atomic E-state index is -0.961. The molecule has 1 unspecified atom stereocenters. The molecule has 0 aromatic heterocycles. The molecule has 1 heterocycles. The van der Waals surface area contributed by atoms with E-state index >= 15 is 0 Å². The van der Waals surface area contributed by atoms with Gasteiger partial charge in [0.2, 0.25) is 0 Å². The highest BCUT2D eigenvalue weighted by atomic mass is 32.2. The van der Waals surface area contributed by atoms with Crippen LogP contribution >= 0.6 is 0 Å². The first-order valence-electron chi connectivity index (χ1n) is 9.30. The second-order valence-electron chi connectivity index (χ2n) is 7.06. The summed E-state index contributed by atoms with van der Waals surface area (Å²) in [6.45, 7) is 1.82. The lowest BCUT2D eigenvalue weighted by Gasteiger charge is -2.37. The van der Waals surface area contributed by atoms with Crippen LogP contribution in [0.4, 0.5) is 0 Å². The molecule has 0 saturated carbocycles. The van der Waals surface area contributed by atoms with Crippen LogP contribution < -0.4 is 4.74 Å². The van der Waals surface area contributed by atoms with E-state index in [0.717, 1.165) is 29.7 Å². The fourth-order valence-electron chi connectivity index (χ4n) is 3.81. The molecule has 140 valence electrons. The third-order valence-corrected chi connectivity index (χ3v) is 7.17. The molecule has 4 heteroatoms. The Morgan fingerprint density at radius 2 is 1.74 bits per heavy atom. The van der Waals surface area contributed by atoms with Crippen molar-refractivity contribution < 1.29 is 14.0 Å². The van der Waals surface area contributed by atoms with Gasteiger partial charge in [-0.15, -0.1) is 0 Å². The highest BCUT2D eigenvalue weighted by molar-refractivity contribution is 7.91. The summed E-state index contributed by atoms with van der Waals surface area (Å²) in [4.78, 5) is 0. The van der Waals surface area contributed by atoms with Gasteiger partial charge in [-0.2, -0.15) is 0 Å². The summed E-state index contributed by atoms with van der Waals surface area (Å²) in [5, 5.41) is 2.45. The predicted octanol–water partition coefficient (Wildman–Crippen LogP) is 4.80. The summed E-state index contributed by atoms with van der Waals surface area (Å²) in [7, 11) is 0. The van der Waals surface area contributed by atoms with E-state index in [-0.39, 0.29) is 4.75 Å². The molecule has 1 fully saturated rings. The summed E-state index contributed by atoms with van der Waals surface area (Å²) in [6.07, 6.45) is 3.36. The van der Waals surface area contributed by atoms with Gasteiger partial charge in [0.25, 0.3) is 0 Å². The Kier molecular flexibility index (Phi) is 5.39. The van der Waals surface area contributed by atoms with Gasteiger partial charge >= 0.3 is 0 Å². The van der Waals surface area contributed by atoms with Gasteiger partial charge in [-0.25, -0.2) is 0 Å². The average molecular weight is 381 g/mol. The third-order valence-electron chi connectivity index (χ3n) is 5.43. The van der Waals surface area contributed by atoms with Crippen LogP contribution in [0.15, 0.2) is 66.7 Å². The van der Waals surface area contributed by atoms with E-state index < -0.39 is 11.2 Å². The molecule has 0 radical (unpaired) electrons. The van der Waals surface area contributed by atoms with Crippen molar-refractivity contribution in [3.63, 3.8) is 0 Å². The van der Waals surface area contributed by atoms with Crippen LogP contribution in [0.25, 0.3) is 10.8 Å². The van der Waals surface area contributed by atoms with E-state index in [1.54, 1.807) is 6.26 Å². The monoisotopic (exact) mass is 380 g/mol. The summed E-state index contributed by atoms with van der Waals surface area (Å²) in [5.41, 5.74) is 2.22. The normalized spacial score (nSPS) is 17.6. The van der Waals surface area contributed by atoms with Crippen LogP contribution in [0.5, 0.6) is 5.75 Å². The molecule has 0 amide bonds. The number of fused-ring (bicyclic) bond motifs is 1. The summed E-state index contributed by atoms with van der Waals surface area (Å²) < 4.78 is 23.8. The summed E-state index contributed by atoms with van der Waals surface area (Å²) >= 11 is -0.961. The first-order chi connectivity index (χ1) is 13.2. The Morgan fingerprint density at radius 1 is 0.963 bits per heavy atom. The zero-order valence-corrected chi connectivity index (χ0v) is 16.3. The fourth-order valence-corrected chi connectivity index (χ4v) is 5.01. The lowest BCUT2D eigenvalue weighted by molar-refractivity contribution is 0.0741. The summed E-state index contributed by atoms with van der Waals surface area (Å²) in [5.74, 6) is 0.817. The Morgan fingerprint density at radius 3 is 2.52 bits per heavy atom. The van der Waals surface area contributed by atoms with Crippen LogP contribution in [-0.4, -0.2) is 24.0 Å². The van der Waals surface area contributed by atoms with E-state index in [0.29, 0.717) is 19.8 Å². The van der Waals surface area contributed by atoms with Crippen molar-refractivity contribution in [2.45, 2.75) is 24.2 Å². The molecule has 1 aliphatic rings. The molecule has 0 aliphatic carbocycles. The standard InChI is InChI=1S/C23H24O3S/c1-27(24)23(11-13-25-14-12-23)21-7-4-8-22(16-21)26-17-18-9-10-19-5-2-3-6-20(19)15-18/h2-10,15-16H,11-14,17H2,1H3. The molecular weight excluding hydrogens is 356 g/mol. The predicted molar refractivity (Wildman–Crippen MR) is 111 cm³/mol. The third kappa shape index (κ3) is 3.84. The molecule has 4 rings (SSSR count). The highest BCUT2D eigenvalue weighted by Crippen LogP contribution is 2.40. The molecule has 0 spiro atoms. The maximum Gasteiger partial charge on any atom is 0.154 e. The van der Waals surface area contributed by atoms with E-state index in [1.807, 2.05) is 24.3 Å². The topological polar surface area (TPSA) is 41.5 Å². The SMILES string of the molecule is C[S+]([O-])C1(c2cccc(OCc3ccc4ccccc4c3)c2)CCOCC1. The zero-order chi connectivity index (χ0) is 18.7. The van der Waals surface area contributed by atoms with Crippen molar-refractivity contribution in [3.8, 4) is 5.75 Å². The Bertz CT molecular complexity index is 916. The van der Waals surface area contributed by atoms with Crippen molar-refractivity contribution in [1.29, 1.82) is 0 Å². The van der Waals surface area contributed by atoms with Gasteiger partial charge in [0.1, 0.15) is 12.4 Å². The van der Waals surface area contributed by atoms with Gasteiger partial charge in [-0.3, -0.25) is 0 Å². The van der Waals surface area contributed by atoms with Gasteiger partial charge in [-0.05, 0) is 45.7 Å². The van der Waals surface area contributed by atoms with Crippen LogP contribution in [0.1, 0.15) is 24.0 Å². The minimum Gasteiger partial charge on any atom is -0.616 e. The molecule has 1 aliphatic heterocycles. The first kappa shape index (κ1) is 18.4. The lowest BCUT2D eigenvalue weighted by Crippen LogP contribution is -2.40. The highest BCUT2D eigenvalue weighted by Gasteiger charge is 2.43. The smallest absolute Gasteiger partial charge is 0.154 e. The second kappa shape index (κ2) is 7.93. The fraction of sp³-hybridized carbons (Fsp3) is 0.304. The average Bonchev–Trinajstić information content (AvgIpc) is 2.72. The largest absolute Gasteiger partial charge is 0.616 e. The van der Waals surface area contributed by atoms with Crippen molar-refractivity contribution in [1.82, 2.24) is 0 Å². The van der Waals surface area contributed by atoms with Crippen LogP contribution in [0, 0.1) is 0 Å². The Labute approximate surface area is 163 Å². The van der Waals surface area contributed by atoms with E-state index in [1.165, 1.54) is 10.8 Å². The molecule has 3 aromatic carbocycles. The molecule has 1 atom stereocenters. The first-order valence-corrected chi connectivity index (χ1v) is 10.9. The van der Waals surface area contributed by atoms with Crippen molar-refractivity contribution in [3.05, 3.63) is 77.9 Å². The Hall–Kier alpha value is -2.01. The molecule has 0 N–H and O–H groups in total. The van der Waals surface area contributed by atoms with Crippen molar-refractivity contribution in [2.75, 3.05) is 19.5 Å². The summed E-state index contributed by atoms with van der Waals surface area (Å²) in [6, 6.07) is 22.8. The minimum absolute atomic E-state index is 0.333. The second-order valence-corrected chi connectivity index (χ2v) is 8.75. The molecule has 0 bridgehead atoms. The van der Waals surface area contributed by atoms with Crippen LogP contribution in [0.3, 0.4) is 0 Å². The number of hydrogen-bond donors (Lipinski definition) is 0. The molecule has 27 heavy (non-hydrogen) atoms. The number of benzene rings is 3. The number of hydrogen-bond acceptors (Lipinski definition) is 3. The maximum atomic E-state index is 12.6. The molecule has 3 nitrogen and oxygen atoms in total. The van der Waals surface area contributed by atoms with Crippen LogP contribution in [-0.2, 0) is 27.3 Å². The molecule has 3 aromatic rings. The van der Waals surface area contributed by atoms with Gasteiger partial charge in [0.05, 0.1) is 19.5 Å². The van der Waals surface area contributed by atoms with Gasteiger partial charge in [0, 0.05) is 18.4 Å². The van der Waals surface area contributed by atoms with E-state index in [4.69, 9.17) is 9.47 Å². The number of rotatable bonds is 5. The quantitative estimate of drug-likeness (QED) is 0.597. The van der Waals surface area contributed by atoms with E-state index in [9.17, 15) is 4.55 Å². The number of ether oxygens (including phenoxy) is 2. The zero-order valence-electron chi connectivity index (χ0n) is 15.5. The van der Waals surface area contributed by atoms with Gasteiger partial charge in [-0.1, -0.05) is 48.5 Å². The van der Waals surface area contributed by atoms with Crippen LogP contribution in [0.2, 0.25) is 0 Å². The molecular formula is C23H24O3S. The Balaban J connectivity index is 1.53. The van der Waals surface area contributed by atoms with E-state index in [2.05, 4.69) is 42.5 Å².